The van der Waals surface area contributed by atoms with Gasteiger partial charge in [0, 0.05) is 0 Å². The van der Waals surface area contributed by atoms with Crippen LogP contribution in [0.15, 0.2) is 18.2 Å². The summed E-state index contributed by atoms with van der Waals surface area (Å²) in [6.45, 7) is 3.49. The predicted molar refractivity (Wildman–Crippen MR) is 47.4 cm³/mol. The van der Waals surface area contributed by atoms with Crippen molar-refractivity contribution < 1.29 is 17.9 Å². The molecule has 1 nitrogen and oxygen atoms in total. The molecule has 0 saturated heterocycles. The Bertz CT molecular complexity index is 318. The van der Waals surface area contributed by atoms with Crippen LogP contribution in [0, 0.1) is 6.92 Å². The molecule has 0 aliphatic heterocycles. The molecule has 0 unspecified atom stereocenters. The highest BCUT2D eigenvalue weighted by Gasteiger charge is 2.34. The van der Waals surface area contributed by atoms with E-state index in [4.69, 9.17) is 4.74 Å². The molecule has 14 heavy (non-hydrogen) atoms. The fourth-order valence-corrected chi connectivity index (χ4v) is 1.21. The summed E-state index contributed by atoms with van der Waals surface area (Å²) >= 11 is 0. The normalized spacial score (nSPS) is 11.5. The van der Waals surface area contributed by atoms with Gasteiger partial charge in [0.05, 0.1) is 12.2 Å². The Morgan fingerprint density at radius 3 is 2.43 bits per heavy atom. The molecule has 78 valence electrons. The van der Waals surface area contributed by atoms with E-state index in [9.17, 15) is 13.2 Å². The number of benzene rings is 1. The van der Waals surface area contributed by atoms with Gasteiger partial charge in [0.25, 0.3) is 0 Å². The highest BCUT2D eigenvalue weighted by atomic mass is 19.4. The van der Waals surface area contributed by atoms with E-state index in [-0.39, 0.29) is 12.4 Å². The van der Waals surface area contributed by atoms with Crippen molar-refractivity contribution in [3.05, 3.63) is 29.3 Å². The zero-order valence-electron chi connectivity index (χ0n) is 7.98. The maximum atomic E-state index is 12.5. The van der Waals surface area contributed by atoms with Crippen molar-refractivity contribution in [2.24, 2.45) is 0 Å². The summed E-state index contributed by atoms with van der Waals surface area (Å²) in [7, 11) is 0. The van der Waals surface area contributed by atoms with E-state index in [1.54, 1.807) is 19.9 Å². The van der Waals surface area contributed by atoms with Gasteiger partial charge >= 0.3 is 6.18 Å². The molecule has 0 heterocycles. The number of ether oxygens (including phenoxy) is 1. The van der Waals surface area contributed by atoms with Crippen LogP contribution < -0.4 is 4.74 Å². The number of aryl methyl sites for hydroxylation is 1. The Kier molecular flexibility index (Phi) is 3.03. The highest BCUT2D eigenvalue weighted by molar-refractivity contribution is 5.42. The number of hydrogen-bond acceptors (Lipinski definition) is 1. The van der Waals surface area contributed by atoms with Crippen LogP contribution in [-0.4, -0.2) is 6.61 Å². The maximum Gasteiger partial charge on any atom is 0.419 e. The van der Waals surface area contributed by atoms with E-state index in [2.05, 4.69) is 0 Å². The lowest BCUT2D eigenvalue weighted by atomic mass is 10.1. The van der Waals surface area contributed by atoms with Gasteiger partial charge in [-0.2, -0.15) is 13.2 Å². The van der Waals surface area contributed by atoms with E-state index >= 15 is 0 Å². The topological polar surface area (TPSA) is 9.23 Å². The molecular formula is C10H11F3O. The van der Waals surface area contributed by atoms with Crippen molar-refractivity contribution in [3.63, 3.8) is 0 Å². The molecular weight excluding hydrogens is 193 g/mol. The maximum absolute atomic E-state index is 12.5. The van der Waals surface area contributed by atoms with Gasteiger partial charge in [-0.3, -0.25) is 0 Å². The van der Waals surface area contributed by atoms with Crippen molar-refractivity contribution >= 4 is 0 Å². The zero-order valence-corrected chi connectivity index (χ0v) is 7.98. The van der Waals surface area contributed by atoms with E-state index in [1.807, 2.05) is 0 Å². The van der Waals surface area contributed by atoms with Crippen LogP contribution in [-0.2, 0) is 6.18 Å². The van der Waals surface area contributed by atoms with Crippen LogP contribution in [0.2, 0.25) is 0 Å². The average Bonchev–Trinajstić information content (AvgIpc) is 2.07. The Hall–Kier alpha value is -1.19. The SMILES string of the molecule is CCOc1c(C)cccc1C(F)(F)F. The van der Waals surface area contributed by atoms with Crippen LogP contribution in [0.4, 0.5) is 13.2 Å². The molecule has 0 aliphatic carbocycles. The van der Waals surface area contributed by atoms with Crippen molar-refractivity contribution in [1.82, 2.24) is 0 Å². The number of hydrogen-bond donors (Lipinski definition) is 0. The van der Waals surface area contributed by atoms with Crippen molar-refractivity contribution in [2.75, 3.05) is 6.61 Å². The minimum Gasteiger partial charge on any atom is -0.493 e. The molecule has 1 aromatic carbocycles. The lowest BCUT2D eigenvalue weighted by Crippen LogP contribution is -2.09. The first-order chi connectivity index (χ1) is 6.46. The Balaban J connectivity index is 3.21. The summed E-state index contributed by atoms with van der Waals surface area (Å²) in [5.41, 5.74) is -0.207. The fraction of sp³-hybridized carbons (Fsp3) is 0.400. The summed E-state index contributed by atoms with van der Waals surface area (Å²) in [4.78, 5) is 0. The molecule has 0 radical (unpaired) electrons. The second-order valence-corrected chi connectivity index (χ2v) is 2.88. The van der Waals surface area contributed by atoms with Crippen LogP contribution in [0.1, 0.15) is 18.1 Å². The van der Waals surface area contributed by atoms with Gasteiger partial charge in [0.15, 0.2) is 0 Å². The lowest BCUT2D eigenvalue weighted by Gasteiger charge is -2.14. The summed E-state index contributed by atoms with van der Waals surface area (Å²) in [5.74, 6) is -0.0671. The third kappa shape index (κ3) is 2.19. The molecule has 0 saturated carbocycles. The molecule has 0 atom stereocenters. The third-order valence-electron chi connectivity index (χ3n) is 1.81. The molecule has 0 N–H and O–H groups in total. The number of para-hydroxylation sites is 1. The first-order valence-electron chi connectivity index (χ1n) is 4.26. The van der Waals surface area contributed by atoms with E-state index < -0.39 is 11.7 Å². The van der Waals surface area contributed by atoms with Crippen LogP contribution in [0.5, 0.6) is 5.75 Å². The third-order valence-corrected chi connectivity index (χ3v) is 1.81. The molecule has 0 amide bonds. The van der Waals surface area contributed by atoms with E-state index in [0.717, 1.165) is 6.07 Å². The highest BCUT2D eigenvalue weighted by Crippen LogP contribution is 2.37. The molecule has 1 aromatic rings. The first-order valence-corrected chi connectivity index (χ1v) is 4.26. The summed E-state index contributed by atoms with van der Waals surface area (Å²) in [6, 6.07) is 4.00. The predicted octanol–water partition coefficient (Wildman–Crippen LogP) is 3.41. The second kappa shape index (κ2) is 3.90. The minimum absolute atomic E-state index is 0.0671. The average molecular weight is 204 g/mol. The lowest BCUT2D eigenvalue weighted by molar-refractivity contribution is -0.139. The number of alkyl halides is 3. The Morgan fingerprint density at radius 1 is 1.29 bits per heavy atom. The summed E-state index contributed by atoms with van der Waals surface area (Å²) < 4.78 is 42.4. The van der Waals surface area contributed by atoms with Gasteiger partial charge in [-0.25, -0.2) is 0 Å². The van der Waals surface area contributed by atoms with Gasteiger partial charge in [-0.1, -0.05) is 12.1 Å². The Labute approximate surface area is 80.5 Å². The first kappa shape index (κ1) is 10.9. The smallest absolute Gasteiger partial charge is 0.419 e. The molecule has 0 fully saturated rings. The van der Waals surface area contributed by atoms with E-state index in [1.165, 1.54) is 6.07 Å². The molecule has 1 rings (SSSR count). The van der Waals surface area contributed by atoms with Gasteiger partial charge in [0.1, 0.15) is 5.75 Å². The molecule has 4 heteroatoms. The van der Waals surface area contributed by atoms with Crippen LogP contribution in [0.25, 0.3) is 0 Å². The molecule has 0 aromatic heterocycles. The van der Waals surface area contributed by atoms with Crippen molar-refractivity contribution in [2.45, 2.75) is 20.0 Å². The fourth-order valence-electron chi connectivity index (χ4n) is 1.21. The van der Waals surface area contributed by atoms with Gasteiger partial charge < -0.3 is 4.74 Å². The summed E-state index contributed by atoms with van der Waals surface area (Å²) in [6.07, 6.45) is -4.35. The van der Waals surface area contributed by atoms with E-state index in [0.29, 0.717) is 5.56 Å². The van der Waals surface area contributed by atoms with Gasteiger partial charge in [0.2, 0.25) is 0 Å². The van der Waals surface area contributed by atoms with Crippen molar-refractivity contribution in [3.8, 4) is 5.75 Å². The van der Waals surface area contributed by atoms with Crippen molar-refractivity contribution in [1.29, 1.82) is 0 Å². The standard InChI is InChI=1S/C10H11F3O/c1-3-14-9-7(2)5-4-6-8(9)10(11,12)13/h4-6H,3H2,1-2H3. The number of halogens is 3. The minimum atomic E-state index is -4.35. The van der Waals surface area contributed by atoms with Gasteiger partial charge in [-0.15, -0.1) is 0 Å². The zero-order chi connectivity index (χ0) is 10.8. The largest absolute Gasteiger partial charge is 0.493 e. The molecule has 0 bridgehead atoms. The molecule has 0 aliphatic rings. The quantitative estimate of drug-likeness (QED) is 0.717. The molecule has 0 spiro atoms. The van der Waals surface area contributed by atoms with Gasteiger partial charge in [-0.05, 0) is 25.5 Å². The van der Waals surface area contributed by atoms with Crippen LogP contribution in [0.3, 0.4) is 0 Å². The Morgan fingerprint density at radius 2 is 1.93 bits per heavy atom. The second-order valence-electron chi connectivity index (χ2n) is 2.88. The van der Waals surface area contributed by atoms with Crippen LogP contribution >= 0.6 is 0 Å². The summed E-state index contributed by atoms with van der Waals surface area (Å²) in [5, 5.41) is 0. The monoisotopic (exact) mass is 204 g/mol. The number of rotatable bonds is 2.